The molecule has 0 saturated heterocycles. The topological polar surface area (TPSA) is 83.6 Å². The van der Waals surface area contributed by atoms with Gasteiger partial charge in [-0.3, -0.25) is 4.79 Å². The number of anilines is 1. The van der Waals surface area contributed by atoms with E-state index in [-0.39, 0.29) is 5.91 Å². The quantitative estimate of drug-likeness (QED) is 0.647. The first-order chi connectivity index (χ1) is 11.3. The van der Waals surface area contributed by atoms with Crippen molar-refractivity contribution in [3.05, 3.63) is 41.5 Å². The van der Waals surface area contributed by atoms with E-state index in [0.717, 1.165) is 49.3 Å². The third-order valence-corrected chi connectivity index (χ3v) is 4.37. The van der Waals surface area contributed by atoms with E-state index in [1.165, 1.54) is 0 Å². The number of carbonyl (C=O) groups is 1. The molecule has 3 heterocycles. The summed E-state index contributed by atoms with van der Waals surface area (Å²) >= 11 is 0. The van der Waals surface area contributed by atoms with E-state index < -0.39 is 0 Å². The lowest BCUT2D eigenvalue weighted by atomic mass is 10.0. The summed E-state index contributed by atoms with van der Waals surface area (Å²) in [5.41, 5.74) is 2.17. The van der Waals surface area contributed by atoms with Crippen molar-refractivity contribution in [2.24, 2.45) is 0 Å². The minimum Gasteiger partial charge on any atom is -0.321 e. The van der Waals surface area contributed by atoms with Gasteiger partial charge in [-0.1, -0.05) is 24.6 Å². The van der Waals surface area contributed by atoms with Crippen LogP contribution in [0.15, 0.2) is 24.3 Å². The van der Waals surface area contributed by atoms with Gasteiger partial charge in [-0.2, -0.15) is 5.26 Å². The van der Waals surface area contributed by atoms with Gasteiger partial charge in [0.2, 0.25) is 0 Å². The van der Waals surface area contributed by atoms with Gasteiger partial charge in [0, 0.05) is 24.2 Å². The largest absolute Gasteiger partial charge is 0.321 e. The molecule has 0 radical (unpaired) electrons. The maximum absolute atomic E-state index is 12.4. The van der Waals surface area contributed by atoms with Gasteiger partial charge < -0.3 is 9.88 Å². The van der Waals surface area contributed by atoms with E-state index in [1.807, 2.05) is 28.8 Å². The van der Waals surface area contributed by atoms with E-state index in [0.29, 0.717) is 17.0 Å². The molecule has 0 aliphatic carbocycles. The Balaban J connectivity index is 1.92. The number of aromatic nitrogens is 3. The second-order valence-corrected chi connectivity index (χ2v) is 5.76. The third-order valence-electron chi connectivity index (χ3n) is 4.37. The molecule has 0 fully saturated rings. The van der Waals surface area contributed by atoms with Gasteiger partial charge in [0.15, 0.2) is 5.82 Å². The minimum absolute atomic E-state index is 0.256. The van der Waals surface area contributed by atoms with Crippen LogP contribution >= 0.6 is 0 Å². The number of aryl methyl sites for hydroxylation is 1. The number of hydrogen-bond acceptors (Lipinski definition) is 4. The van der Waals surface area contributed by atoms with Crippen LogP contribution in [0, 0.1) is 11.3 Å². The minimum atomic E-state index is -0.256. The normalized spacial score (nSPS) is 18.5. The van der Waals surface area contributed by atoms with Crippen LogP contribution in [-0.2, 0) is 17.8 Å². The van der Waals surface area contributed by atoms with Crippen molar-refractivity contribution in [3.63, 3.8) is 0 Å². The van der Waals surface area contributed by atoms with Gasteiger partial charge >= 0.3 is 0 Å². The number of rotatable bonds is 1. The molecule has 6 heteroatoms. The molecule has 2 aliphatic heterocycles. The first kappa shape index (κ1) is 13.7. The highest BCUT2D eigenvalue weighted by Crippen LogP contribution is 2.36. The van der Waals surface area contributed by atoms with Gasteiger partial charge in [0.1, 0.15) is 17.5 Å². The molecule has 1 N–H and O–H groups in total. The molecule has 2 aromatic rings. The number of amides is 1. The molecule has 1 amide bonds. The highest BCUT2D eigenvalue weighted by atomic mass is 16.2. The summed E-state index contributed by atoms with van der Waals surface area (Å²) in [6.45, 7) is 0.791. The van der Waals surface area contributed by atoms with Crippen LogP contribution in [0.4, 0.5) is 5.69 Å². The monoisotopic (exact) mass is 305 g/mol. The molecular weight excluding hydrogens is 290 g/mol. The zero-order chi connectivity index (χ0) is 15.8. The molecule has 6 nitrogen and oxygen atoms in total. The van der Waals surface area contributed by atoms with E-state index in [1.54, 1.807) is 0 Å². The summed E-state index contributed by atoms with van der Waals surface area (Å²) in [5.74, 6) is 1.15. The summed E-state index contributed by atoms with van der Waals surface area (Å²) in [7, 11) is 0. The molecular formula is C17H15N5O. The first-order valence-electron chi connectivity index (χ1n) is 7.77. The summed E-state index contributed by atoms with van der Waals surface area (Å²) in [6, 6.07) is 9.58. The molecule has 0 unspecified atom stereocenters. The number of para-hydroxylation sites is 1. The lowest BCUT2D eigenvalue weighted by molar-refractivity contribution is -0.110. The number of hydrogen-bond donors (Lipinski definition) is 1. The Morgan fingerprint density at radius 1 is 1.22 bits per heavy atom. The fourth-order valence-corrected chi connectivity index (χ4v) is 3.25. The molecule has 0 atom stereocenters. The first-order valence-corrected chi connectivity index (χ1v) is 7.77. The van der Waals surface area contributed by atoms with Crippen molar-refractivity contribution in [1.29, 1.82) is 5.26 Å². The Bertz CT molecular complexity index is 871. The molecule has 114 valence electrons. The Morgan fingerprint density at radius 2 is 2.09 bits per heavy atom. The Morgan fingerprint density at radius 3 is 2.96 bits per heavy atom. The number of allylic oxidation sites excluding steroid dienone is 1. The molecule has 0 spiro atoms. The highest BCUT2D eigenvalue weighted by molar-refractivity contribution is 6.37. The van der Waals surface area contributed by atoms with Crippen molar-refractivity contribution in [2.45, 2.75) is 32.2 Å². The van der Waals surface area contributed by atoms with Crippen LogP contribution in [0.2, 0.25) is 0 Å². The highest BCUT2D eigenvalue weighted by Gasteiger charge is 2.30. The van der Waals surface area contributed by atoms with E-state index >= 15 is 0 Å². The fraction of sp³-hybridized carbons (Fsp3) is 0.294. The number of benzene rings is 1. The third kappa shape index (κ3) is 2.13. The lowest BCUT2D eigenvalue weighted by Crippen LogP contribution is -2.09. The number of nitrogens with one attached hydrogen (secondary N) is 1. The van der Waals surface area contributed by atoms with Crippen LogP contribution in [0.5, 0.6) is 0 Å². The van der Waals surface area contributed by atoms with Gasteiger partial charge in [0.05, 0.1) is 5.57 Å². The molecule has 2 aliphatic rings. The van der Waals surface area contributed by atoms with Gasteiger partial charge in [-0.25, -0.2) is 0 Å². The van der Waals surface area contributed by atoms with Crippen molar-refractivity contribution in [3.8, 4) is 6.07 Å². The van der Waals surface area contributed by atoms with Crippen LogP contribution in [0.25, 0.3) is 11.1 Å². The molecule has 1 aromatic heterocycles. The SMILES string of the molecule is N#CC(=C1C(=O)Nc2ccccc21)c1nnc2n1CCCCC2. The number of carbonyl (C=O) groups excluding carboxylic acids is 1. The Hall–Kier alpha value is -2.94. The molecule has 23 heavy (non-hydrogen) atoms. The predicted octanol–water partition coefficient (Wildman–Crippen LogP) is 2.39. The van der Waals surface area contributed by atoms with Gasteiger partial charge in [-0.05, 0) is 18.9 Å². The van der Waals surface area contributed by atoms with Gasteiger partial charge in [-0.15, -0.1) is 10.2 Å². The van der Waals surface area contributed by atoms with E-state index in [4.69, 9.17) is 0 Å². The molecule has 0 bridgehead atoms. The number of nitrogens with zero attached hydrogens (tertiary/aromatic N) is 4. The summed E-state index contributed by atoms with van der Waals surface area (Å²) < 4.78 is 1.99. The van der Waals surface area contributed by atoms with Crippen molar-refractivity contribution in [2.75, 3.05) is 5.32 Å². The summed E-state index contributed by atoms with van der Waals surface area (Å²) in [5, 5.41) is 21.0. The van der Waals surface area contributed by atoms with Crippen molar-refractivity contribution < 1.29 is 4.79 Å². The maximum atomic E-state index is 12.4. The van der Waals surface area contributed by atoms with Crippen LogP contribution < -0.4 is 5.32 Å². The van der Waals surface area contributed by atoms with Crippen molar-refractivity contribution >= 4 is 22.7 Å². The lowest BCUT2D eigenvalue weighted by Gasteiger charge is -2.07. The maximum Gasteiger partial charge on any atom is 0.257 e. The number of nitriles is 1. The molecule has 0 saturated carbocycles. The van der Waals surface area contributed by atoms with Crippen LogP contribution in [0.1, 0.15) is 36.5 Å². The zero-order valence-corrected chi connectivity index (χ0v) is 12.5. The van der Waals surface area contributed by atoms with Gasteiger partial charge in [0.25, 0.3) is 5.91 Å². The van der Waals surface area contributed by atoms with E-state index in [9.17, 15) is 10.1 Å². The van der Waals surface area contributed by atoms with Crippen LogP contribution in [0.3, 0.4) is 0 Å². The zero-order valence-electron chi connectivity index (χ0n) is 12.5. The van der Waals surface area contributed by atoms with Crippen LogP contribution in [-0.4, -0.2) is 20.7 Å². The summed E-state index contributed by atoms with van der Waals surface area (Å²) in [6.07, 6.45) is 4.13. The molecule has 4 rings (SSSR count). The second-order valence-electron chi connectivity index (χ2n) is 5.76. The smallest absolute Gasteiger partial charge is 0.257 e. The Labute approximate surface area is 133 Å². The van der Waals surface area contributed by atoms with Crippen molar-refractivity contribution in [1.82, 2.24) is 14.8 Å². The Kier molecular flexibility index (Phi) is 3.19. The fourth-order valence-electron chi connectivity index (χ4n) is 3.25. The molecule has 1 aromatic carbocycles. The average Bonchev–Trinajstić information content (AvgIpc) is 3.01. The average molecular weight is 305 g/mol. The number of fused-ring (bicyclic) bond motifs is 2. The summed E-state index contributed by atoms with van der Waals surface area (Å²) in [4.78, 5) is 12.4. The standard InChI is InChI=1S/C17H15N5O/c18-10-12(15-11-6-3-4-7-13(11)19-17(15)23)16-21-20-14-8-2-1-5-9-22(14)16/h3-4,6-7H,1-2,5,8-9H2,(H,19,23). The second kappa shape index (κ2) is 5.36. The predicted molar refractivity (Wildman–Crippen MR) is 85.1 cm³/mol. The van der Waals surface area contributed by atoms with E-state index in [2.05, 4.69) is 21.6 Å².